The Kier molecular flexibility index (Phi) is 2.89. The molecule has 0 amide bonds. The standard InChI is InChI=1S/C13H17N3O3/c1-6-10(13(17)18-2)11(14)16-12(15-6)8-5-7-3-4-9(8)19-7/h7-9H,3-5H2,1-2H3,(H2,14,15,16). The number of carbonyl (C=O) groups is 1. The van der Waals surface area contributed by atoms with Gasteiger partial charge in [0, 0.05) is 5.92 Å². The number of nitrogens with two attached hydrogens (primary N) is 1. The molecule has 3 unspecified atom stereocenters. The number of anilines is 1. The fourth-order valence-corrected chi connectivity index (χ4v) is 3.05. The van der Waals surface area contributed by atoms with Crippen LogP contribution in [0.5, 0.6) is 0 Å². The molecular formula is C13H17N3O3. The van der Waals surface area contributed by atoms with Gasteiger partial charge >= 0.3 is 5.97 Å². The number of esters is 1. The first kappa shape index (κ1) is 12.3. The molecule has 0 aliphatic carbocycles. The van der Waals surface area contributed by atoms with Gasteiger partial charge < -0.3 is 15.2 Å². The Morgan fingerprint density at radius 2 is 2.21 bits per heavy atom. The number of hydrogen-bond donors (Lipinski definition) is 1. The van der Waals surface area contributed by atoms with Gasteiger partial charge in [-0.15, -0.1) is 0 Å². The summed E-state index contributed by atoms with van der Waals surface area (Å²) in [5, 5.41) is 0. The summed E-state index contributed by atoms with van der Waals surface area (Å²) in [5.41, 5.74) is 6.70. The molecule has 6 nitrogen and oxygen atoms in total. The minimum atomic E-state index is -0.495. The van der Waals surface area contributed by atoms with E-state index in [0.717, 1.165) is 19.3 Å². The van der Waals surface area contributed by atoms with Gasteiger partial charge in [0.15, 0.2) is 0 Å². The summed E-state index contributed by atoms with van der Waals surface area (Å²) >= 11 is 0. The highest BCUT2D eigenvalue weighted by Gasteiger charge is 2.43. The lowest BCUT2D eigenvalue weighted by Crippen LogP contribution is -2.20. The molecule has 2 aliphatic heterocycles. The zero-order chi connectivity index (χ0) is 13.6. The second-order valence-corrected chi connectivity index (χ2v) is 5.14. The average molecular weight is 263 g/mol. The van der Waals surface area contributed by atoms with Gasteiger partial charge in [-0.2, -0.15) is 0 Å². The van der Waals surface area contributed by atoms with E-state index in [0.29, 0.717) is 17.6 Å². The van der Waals surface area contributed by atoms with E-state index in [9.17, 15) is 4.79 Å². The van der Waals surface area contributed by atoms with Crippen molar-refractivity contribution < 1.29 is 14.3 Å². The summed E-state index contributed by atoms with van der Waals surface area (Å²) in [6.07, 6.45) is 3.65. The van der Waals surface area contributed by atoms with E-state index < -0.39 is 5.97 Å². The van der Waals surface area contributed by atoms with Crippen LogP contribution in [0.4, 0.5) is 5.82 Å². The maximum Gasteiger partial charge on any atom is 0.343 e. The van der Waals surface area contributed by atoms with Crippen LogP contribution in [-0.4, -0.2) is 35.3 Å². The SMILES string of the molecule is COC(=O)c1c(C)nc(C2CC3CCC2O3)nc1N. The first-order chi connectivity index (χ1) is 9.10. The smallest absolute Gasteiger partial charge is 0.343 e. The molecule has 1 aromatic heterocycles. The molecule has 2 saturated heterocycles. The molecule has 102 valence electrons. The van der Waals surface area contributed by atoms with Crippen LogP contribution in [0.15, 0.2) is 0 Å². The minimum Gasteiger partial charge on any atom is -0.465 e. The van der Waals surface area contributed by atoms with Crippen molar-refractivity contribution in [1.29, 1.82) is 0 Å². The molecule has 2 bridgehead atoms. The van der Waals surface area contributed by atoms with Crippen LogP contribution in [0, 0.1) is 6.92 Å². The number of aromatic nitrogens is 2. The van der Waals surface area contributed by atoms with Gasteiger partial charge in [-0.25, -0.2) is 14.8 Å². The predicted molar refractivity (Wildman–Crippen MR) is 67.8 cm³/mol. The number of rotatable bonds is 2. The molecule has 3 rings (SSSR count). The van der Waals surface area contributed by atoms with Crippen LogP contribution in [0.3, 0.4) is 0 Å². The van der Waals surface area contributed by atoms with Crippen LogP contribution in [0.25, 0.3) is 0 Å². The Morgan fingerprint density at radius 3 is 2.74 bits per heavy atom. The van der Waals surface area contributed by atoms with E-state index in [1.54, 1.807) is 6.92 Å². The first-order valence-electron chi connectivity index (χ1n) is 6.48. The lowest BCUT2D eigenvalue weighted by atomic mass is 9.88. The van der Waals surface area contributed by atoms with Crippen molar-refractivity contribution in [1.82, 2.24) is 9.97 Å². The van der Waals surface area contributed by atoms with Gasteiger partial charge in [0.05, 0.1) is 25.0 Å². The number of ether oxygens (including phenoxy) is 2. The molecule has 1 aromatic rings. The van der Waals surface area contributed by atoms with E-state index in [1.807, 2.05) is 0 Å². The quantitative estimate of drug-likeness (QED) is 0.806. The third-order valence-electron chi connectivity index (χ3n) is 3.96. The number of aryl methyl sites for hydroxylation is 1. The lowest BCUT2D eigenvalue weighted by Gasteiger charge is -2.18. The third kappa shape index (κ3) is 1.96. The molecule has 6 heteroatoms. The molecule has 0 spiro atoms. The Morgan fingerprint density at radius 1 is 1.42 bits per heavy atom. The number of nitrogen functional groups attached to an aromatic ring is 1. The van der Waals surface area contributed by atoms with E-state index >= 15 is 0 Å². The van der Waals surface area contributed by atoms with Crippen molar-refractivity contribution in [3.8, 4) is 0 Å². The number of nitrogens with zero attached hydrogens (tertiary/aromatic N) is 2. The molecule has 2 aliphatic rings. The third-order valence-corrected chi connectivity index (χ3v) is 3.96. The fourth-order valence-electron chi connectivity index (χ4n) is 3.05. The van der Waals surface area contributed by atoms with Crippen molar-refractivity contribution in [2.24, 2.45) is 0 Å². The van der Waals surface area contributed by atoms with Gasteiger partial charge in [0.25, 0.3) is 0 Å². The second-order valence-electron chi connectivity index (χ2n) is 5.14. The molecule has 2 fully saturated rings. The second kappa shape index (κ2) is 4.45. The molecule has 0 aromatic carbocycles. The van der Waals surface area contributed by atoms with Gasteiger partial charge in [-0.3, -0.25) is 0 Å². The Labute approximate surface area is 111 Å². The van der Waals surface area contributed by atoms with Crippen molar-refractivity contribution in [3.05, 3.63) is 17.1 Å². The Hall–Kier alpha value is -1.69. The van der Waals surface area contributed by atoms with E-state index in [1.165, 1.54) is 7.11 Å². The van der Waals surface area contributed by atoms with Gasteiger partial charge in [0.2, 0.25) is 0 Å². The highest BCUT2D eigenvalue weighted by molar-refractivity contribution is 5.95. The summed E-state index contributed by atoms with van der Waals surface area (Å²) in [7, 11) is 1.32. The minimum absolute atomic E-state index is 0.192. The monoisotopic (exact) mass is 263 g/mol. The average Bonchev–Trinajstić information content (AvgIpc) is 2.99. The number of methoxy groups -OCH3 is 1. The summed E-state index contributed by atoms with van der Waals surface area (Å²) in [6, 6.07) is 0. The van der Waals surface area contributed by atoms with Gasteiger partial charge in [-0.1, -0.05) is 0 Å². The van der Waals surface area contributed by atoms with Crippen molar-refractivity contribution in [2.75, 3.05) is 12.8 Å². The molecular weight excluding hydrogens is 246 g/mol. The topological polar surface area (TPSA) is 87.3 Å². The predicted octanol–water partition coefficient (Wildman–Crippen LogP) is 1.19. The first-order valence-corrected chi connectivity index (χ1v) is 6.48. The summed E-state index contributed by atoms with van der Waals surface area (Å²) in [5.74, 6) is 0.587. The Balaban J connectivity index is 1.94. The maximum atomic E-state index is 11.6. The normalized spacial score (nSPS) is 28.6. The number of fused-ring (bicyclic) bond motifs is 2. The molecule has 0 saturated carbocycles. The number of hydrogen-bond acceptors (Lipinski definition) is 6. The molecule has 19 heavy (non-hydrogen) atoms. The maximum absolute atomic E-state index is 11.6. The van der Waals surface area contributed by atoms with Crippen LogP contribution in [-0.2, 0) is 9.47 Å². The highest BCUT2D eigenvalue weighted by Crippen LogP contribution is 2.43. The zero-order valence-corrected chi connectivity index (χ0v) is 11.0. The summed E-state index contributed by atoms with van der Waals surface area (Å²) < 4.78 is 10.5. The van der Waals surface area contributed by atoms with E-state index in [2.05, 4.69) is 14.7 Å². The van der Waals surface area contributed by atoms with Crippen molar-refractivity contribution in [2.45, 2.75) is 44.3 Å². The van der Waals surface area contributed by atoms with Crippen molar-refractivity contribution in [3.63, 3.8) is 0 Å². The largest absolute Gasteiger partial charge is 0.465 e. The van der Waals surface area contributed by atoms with Crippen LogP contribution in [0.2, 0.25) is 0 Å². The van der Waals surface area contributed by atoms with Crippen LogP contribution < -0.4 is 5.73 Å². The van der Waals surface area contributed by atoms with E-state index in [4.69, 9.17) is 10.5 Å². The Bertz CT molecular complexity index is 509. The zero-order valence-electron chi connectivity index (χ0n) is 11.0. The lowest BCUT2D eigenvalue weighted by molar-refractivity contribution is 0.0600. The van der Waals surface area contributed by atoms with Crippen LogP contribution >= 0.6 is 0 Å². The molecule has 3 heterocycles. The molecule has 3 atom stereocenters. The molecule has 0 radical (unpaired) electrons. The summed E-state index contributed by atoms with van der Waals surface area (Å²) in [4.78, 5) is 20.3. The highest BCUT2D eigenvalue weighted by atomic mass is 16.5. The van der Waals surface area contributed by atoms with Gasteiger partial charge in [0.1, 0.15) is 17.2 Å². The van der Waals surface area contributed by atoms with E-state index in [-0.39, 0.29) is 23.4 Å². The summed E-state index contributed by atoms with van der Waals surface area (Å²) in [6.45, 7) is 1.75. The fraction of sp³-hybridized carbons (Fsp3) is 0.615. The van der Waals surface area contributed by atoms with Crippen LogP contribution in [0.1, 0.15) is 47.1 Å². The molecule has 2 N–H and O–H groups in total. The van der Waals surface area contributed by atoms with Gasteiger partial charge in [-0.05, 0) is 26.2 Å². The number of carbonyl (C=O) groups excluding carboxylic acids is 1. The van der Waals surface area contributed by atoms with Crippen molar-refractivity contribution >= 4 is 11.8 Å².